The molecule has 0 saturated carbocycles. The van der Waals surface area contributed by atoms with Crippen molar-refractivity contribution < 1.29 is 4.79 Å². The van der Waals surface area contributed by atoms with Gasteiger partial charge in [-0.2, -0.15) is 5.21 Å². The van der Waals surface area contributed by atoms with Gasteiger partial charge in [0.05, 0.1) is 11.6 Å². The van der Waals surface area contributed by atoms with Crippen molar-refractivity contribution in [2.24, 2.45) is 5.73 Å². The second kappa shape index (κ2) is 3.70. The average Bonchev–Trinajstić information content (AvgIpc) is 2.53. The van der Waals surface area contributed by atoms with Gasteiger partial charge in [0.2, 0.25) is 5.91 Å². The molecule has 0 fully saturated rings. The highest BCUT2D eigenvalue weighted by molar-refractivity contribution is 5.85. The maximum Gasteiger partial charge on any atom is 0.240 e. The molecule has 4 N–H and O–H groups in total. The van der Waals surface area contributed by atoms with Crippen LogP contribution in [0.4, 0.5) is 0 Å². The molecule has 0 saturated heterocycles. The third-order valence-electron chi connectivity index (χ3n) is 1.68. The maximum atomic E-state index is 11.4. The third-order valence-corrected chi connectivity index (χ3v) is 1.68. The van der Waals surface area contributed by atoms with E-state index in [-0.39, 0.29) is 11.9 Å². The minimum absolute atomic E-state index is 0.255. The summed E-state index contributed by atoms with van der Waals surface area (Å²) in [4.78, 5) is 11.4. The van der Waals surface area contributed by atoms with Gasteiger partial charge in [0.15, 0.2) is 5.82 Å². The SMILES string of the molecule is CC(NC(=O)C(C)(C)N)c1nn[nH]n1. The molecule has 78 valence electrons. The fourth-order valence-electron chi connectivity index (χ4n) is 0.800. The second-order valence-electron chi connectivity index (χ2n) is 3.69. The van der Waals surface area contributed by atoms with Gasteiger partial charge in [-0.1, -0.05) is 5.21 Å². The van der Waals surface area contributed by atoms with Gasteiger partial charge in [0, 0.05) is 0 Å². The molecule has 0 spiro atoms. The molecule has 14 heavy (non-hydrogen) atoms. The smallest absolute Gasteiger partial charge is 0.240 e. The number of carbonyl (C=O) groups excluding carboxylic acids is 1. The zero-order valence-electron chi connectivity index (χ0n) is 8.40. The van der Waals surface area contributed by atoms with Crippen molar-refractivity contribution in [1.29, 1.82) is 0 Å². The fraction of sp³-hybridized carbons (Fsp3) is 0.714. The molecule has 1 aromatic heterocycles. The van der Waals surface area contributed by atoms with Crippen molar-refractivity contribution in [3.63, 3.8) is 0 Å². The van der Waals surface area contributed by atoms with Crippen molar-refractivity contribution >= 4 is 5.91 Å². The Bertz CT molecular complexity index is 300. The molecule has 1 aromatic rings. The third kappa shape index (κ3) is 2.49. The van der Waals surface area contributed by atoms with Crippen LogP contribution in [0.2, 0.25) is 0 Å². The van der Waals surface area contributed by atoms with Crippen molar-refractivity contribution in [2.75, 3.05) is 0 Å². The lowest BCUT2D eigenvalue weighted by atomic mass is 10.1. The molecule has 0 aromatic carbocycles. The van der Waals surface area contributed by atoms with Crippen LogP contribution in [0.5, 0.6) is 0 Å². The highest BCUT2D eigenvalue weighted by atomic mass is 16.2. The fourth-order valence-corrected chi connectivity index (χ4v) is 0.800. The number of nitrogens with two attached hydrogens (primary N) is 1. The summed E-state index contributed by atoms with van der Waals surface area (Å²) < 4.78 is 0. The Labute approximate surface area is 81.4 Å². The van der Waals surface area contributed by atoms with Gasteiger partial charge in [-0.05, 0) is 20.8 Å². The highest BCUT2D eigenvalue weighted by Gasteiger charge is 2.24. The number of rotatable bonds is 3. The summed E-state index contributed by atoms with van der Waals surface area (Å²) in [6.07, 6.45) is 0. The first-order valence-electron chi connectivity index (χ1n) is 4.24. The number of hydrogen-bond acceptors (Lipinski definition) is 5. The lowest BCUT2D eigenvalue weighted by molar-refractivity contribution is -0.125. The second-order valence-corrected chi connectivity index (χ2v) is 3.69. The summed E-state index contributed by atoms with van der Waals surface area (Å²) in [5.41, 5.74) is 4.70. The first-order valence-corrected chi connectivity index (χ1v) is 4.24. The molecule has 7 heteroatoms. The predicted molar refractivity (Wildman–Crippen MR) is 49.0 cm³/mol. The summed E-state index contributed by atoms with van der Waals surface area (Å²) in [6, 6.07) is -0.302. The van der Waals surface area contributed by atoms with Gasteiger partial charge in [-0.3, -0.25) is 4.79 Å². The minimum atomic E-state index is -0.905. The van der Waals surface area contributed by atoms with E-state index in [4.69, 9.17) is 5.73 Å². The molecule has 0 aliphatic heterocycles. The molecule has 0 aliphatic carbocycles. The summed E-state index contributed by atoms with van der Waals surface area (Å²) in [5, 5.41) is 15.9. The number of amides is 1. The normalized spacial score (nSPS) is 13.7. The van der Waals surface area contributed by atoms with E-state index < -0.39 is 5.54 Å². The summed E-state index contributed by atoms with van der Waals surface area (Å²) in [5.74, 6) is 0.178. The largest absolute Gasteiger partial charge is 0.345 e. The zero-order chi connectivity index (χ0) is 10.8. The Kier molecular flexibility index (Phi) is 2.80. The molecule has 1 amide bonds. The van der Waals surface area contributed by atoms with Gasteiger partial charge >= 0.3 is 0 Å². The first kappa shape index (κ1) is 10.6. The van der Waals surface area contributed by atoms with Crippen LogP contribution in [0, 0.1) is 0 Å². The van der Waals surface area contributed by atoms with E-state index in [1.807, 2.05) is 0 Å². The van der Waals surface area contributed by atoms with E-state index in [0.29, 0.717) is 5.82 Å². The van der Waals surface area contributed by atoms with Crippen LogP contribution >= 0.6 is 0 Å². The molecule has 1 unspecified atom stereocenters. The van der Waals surface area contributed by atoms with Crippen LogP contribution in [-0.2, 0) is 4.79 Å². The maximum absolute atomic E-state index is 11.4. The van der Waals surface area contributed by atoms with Crippen LogP contribution in [0.25, 0.3) is 0 Å². The number of carbonyl (C=O) groups is 1. The molecule has 0 aliphatic rings. The lowest BCUT2D eigenvalue weighted by Gasteiger charge is -2.20. The number of H-pyrrole nitrogens is 1. The van der Waals surface area contributed by atoms with Crippen molar-refractivity contribution in [3.05, 3.63) is 5.82 Å². The van der Waals surface area contributed by atoms with Crippen LogP contribution in [0.1, 0.15) is 32.6 Å². The van der Waals surface area contributed by atoms with Crippen LogP contribution < -0.4 is 11.1 Å². The van der Waals surface area contributed by atoms with E-state index in [9.17, 15) is 4.79 Å². The van der Waals surface area contributed by atoms with Crippen molar-refractivity contribution in [2.45, 2.75) is 32.4 Å². The first-order chi connectivity index (χ1) is 6.41. The van der Waals surface area contributed by atoms with E-state index in [2.05, 4.69) is 25.9 Å². The predicted octanol–water partition coefficient (Wildman–Crippen LogP) is -0.886. The number of tetrazole rings is 1. The Morgan fingerprint density at radius 2 is 2.29 bits per heavy atom. The summed E-state index contributed by atoms with van der Waals surface area (Å²) >= 11 is 0. The molecule has 0 radical (unpaired) electrons. The Morgan fingerprint density at radius 1 is 1.64 bits per heavy atom. The molecule has 0 bridgehead atoms. The number of nitrogens with one attached hydrogen (secondary N) is 2. The Morgan fingerprint density at radius 3 is 2.71 bits per heavy atom. The highest BCUT2D eigenvalue weighted by Crippen LogP contribution is 2.05. The average molecular weight is 198 g/mol. The van der Waals surface area contributed by atoms with Gasteiger partial charge < -0.3 is 11.1 Å². The standard InChI is InChI=1S/C7H14N6O/c1-4(5-10-12-13-11-5)9-6(14)7(2,3)8/h4H,8H2,1-3H3,(H,9,14)(H,10,11,12,13). The van der Waals surface area contributed by atoms with Crippen LogP contribution in [-0.4, -0.2) is 32.1 Å². The summed E-state index contributed by atoms with van der Waals surface area (Å²) in [6.45, 7) is 5.02. The quantitative estimate of drug-likeness (QED) is 0.584. The molecule has 1 heterocycles. The van der Waals surface area contributed by atoms with Crippen LogP contribution in [0.15, 0.2) is 0 Å². The van der Waals surface area contributed by atoms with Gasteiger partial charge in [-0.25, -0.2) is 0 Å². The number of aromatic nitrogens is 4. The molecular formula is C7H14N6O. The van der Waals surface area contributed by atoms with Gasteiger partial charge in [0.1, 0.15) is 0 Å². The number of hydrogen-bond donors (Lipinski definition) is 3. The van der Waals surface area contributed by atoms with E-state index >= 15 is 0 Å². The summed E-state index contributed by atoms with van der Waals surface area (Å²) in [7, 11) is 0. The molecular weight excluding hydrogens is 184 g/mol. The van der Waals surface area contributed by atoms with Crippen molar-refractivity contribution in [1.82, 2.24) is 25.9 Å². The molecule has 1 atom stereocenters. The molecule has 7 nitrogen and oxygen atoms in total. The Balaban J connectivity index is 2.58. The van der Waals surface area contributed by atoms with Crippen LogP contribution in [0.3, 0.4) is 0 Å². The lowest BCUT2D eigenvalue weighted by Crippen LogP contribution is -2.49. The number of nitrogens with zero attached hydrogens (tertiary/aromatic N) is 3. The van der Waals surface area contributed by atoms with E-state index in [0.717, 1.165) is 0 Å². The Hall–Kier alpha value is -1.50. The van der Waals surface area contributed by atoms with E-state index in [1.165, 1.54) is 0 Å². The van der Waals surface area contributed by atoms with Crippen molar-refractivity contribution in [3.8, 4) is 0 Å². The van der Waals surface area contributed by atoms with Gasteiger partial charge in [0.25, 0.3) is 0 Å². The van der Waals surface area contributed by atoms with E-state index in [1.54, 1.807) is 20.8 Å². The number of aromatic amines is 1. The minimum Gasteiger partial charge on any atom is -0.345 e. The monoisotopic (exact) mass is 198 g/mol. The topological polar surface area (TPSA) is 110 Å². The van der Waals surface area contributed by atoms with Gasteiger partial charge in [-0.15, -0.1) is 10.2 Å². The molecule has 1 rings (SSSR count). The zero-order valence-corrected chi connectivity index (χ0v) is 8.40.